The van der Waals surface area contributed by atoms with E-state index in [9.17, 15) is 0 Å². The molecule has 0 spiro atoms. The van der Waals surface area contributed by atoms with Gasteiger partial charge < -0.3 is 14.0 Å². The zero-order valence-corrected chi connectivity index (χ0v) is 17.0. The fourth-order valence-corrected chi connectivity index (χ4v) is 3.50. The molecule has 0 saturated carbocycles. The summed E-state index contributed by atoms with van der Waals surface area (Å²) < 4.78 is 14.2. The molecular formula is C25H21NO2S. The van der Waals surface area contributed by atoms with Gasteiger partial charge >= 0.3 is 0 Å². The van der Waals surface area contributed by atoms with Crippen molar-refractivity contribution in [1.82, 2.24) is 4.57 Å². The monoisotopic (exact) mass is 399 g/mol. The van der Waals surface area contributed by atoms with E-state index in [2.05, 4.69) is 29.3 Å². The predicted molar refractivity (Wildman–Crippen MR) is 122 cm³/mol. The number of rotatable bonds is 6. The maximum atomic E-state index is 5.71. The number of pyridine rings is 1. The van der Waals surface area contributed by atoms with Crippen molar-refractivity contribution in [3.05, 3.63) is 95.6 Å². The predicted octanol–water partition coefficient (Wildman–Crippen LogP) is 6.63. The minimum absolute atomic E-state index is 0.143. The summed E-state index contributed by atoms with van der Waals surface area (Å²) in [6, 6.07) is 26.0. The van der Waals surface area contributed by atoms with E-state index in [0.717, 1.165) is 43.7 Å². The van der Waals surface area contributed by atoms with E-state index >= 15 is 0 Å². The van der Waals surface area contributed by atoms with Gasteiger partial charge in [0.2, 0.25) is 6.79 Å². The van der Waals surface area contributed by atoms with Gasteiger partial charge in [0.1, 0.15) is 16.1 Å². The Morgan fingerprint density at radius 3 is 2.17 bits per heavy atom. The molecule has 0 fully saturated rings. The molecule has 0 amide bonds. The van der Waals surface area contributed by atoms with E-state index in [1.165, 1.54) is 0 Å². The molecule has 4 rings (SSSR count). The summed E-state index contributed by atoms with van der Waals surface area (Å²) in [5.74, 6) is 1.50. The third kappa shape index (κ3) is 4.08. The van der Waals surface area contributed by atoms with Gasteiger partial charge in [0.05, 0.1) is 0 Å². The molecule has 1 heterocycles. The topological polar surface area (TPSA) is 23.4 Å². The molecule has 1 aromatic heterocycles. The number of benzene rings is 3. The summed E-state index contributed by atoms with van der Waals surface area (Å²) in [6.45, 7) is 3.89. The minimum Gasteiger partial charge on any atom is -0.458 e. The normalized spacial score (nSPS) is 10.7. The van der Waals surface area contributed by atoms with Gasteiger partial charge in [0, 0.05) is 18.1 Å². The summed E-state index contributed by atoms with van der Waals surface area (Å²) in [4.78, 5) is 0. The van der Waals surface area contributed by atoms with Crippen molar-refractivity contribution in [2.24, 2.45) is 7.05 Å². The number of hydrogen-bond acceptors (Lipinski definition) is 3. The Labute approximate surface area is 175 Å². The highest BCUT2D eigenvalue weighted by Gasteiger charge is 2.06. The van der Waals surface area contributed by atoms with Crippen LogP contribution < -0.4 is 9.47 Å². The summed E-state index contributed by atoms with van der Waals surface area (Å²) in [6.07, 6.45) is 1.80. The van der Waals surface area contributed by atoms with Crippen LogP contribution >= 0.6 is 12.2 Å². The summed E-state index contributed by atoms with van der Waals surface area (Å²) >= 11 is 5.68. The van der Waals surface area contributed by atoms with Crippen LogP contribution in [0.5, 0.6) is 11.5 Å². The summed E-state index contributed by atoms with van der Waals surface area (Å²) in [5, 5.41) is 1.16. The lowest BCUT2D eigenvalue weighted by atomic mass is 10.0. The SMILES string of the molecule is C=Cc1ccc(OCOc2ccc(-c3cc4ccccc4n(C)c3=S)cc2)cc1. The zero-order chi connectivity index (χ0) is 20.2. The Morgan fingerprint density at radius 1 is 0.897 bits per heavy atom. The lowest BCUT2D eigenvalue weighted by Gasteiger charge is -2.12. The van der Waals surface area contributed by atoms with Gasteiger partial charge in [-0.05, 0) is 52.9 Å². The number of nitrogens with zero attached hydrogens (tertiary/aromatic N) is 1. The standard InChI is InChI=1S/C25H21NO2S/c1-3-18-8-12-21(13-9-18)27-17-28-22-14-10-19(11-15-22)23-16-20-6-4-5-7-24(20)26(2)25(23)29/h3-16H,1,17H2,2H3. The molecule has 0 aliphatic rings. The van der Waals surface area contributed by atoms with E-state index in [-0.39, 0.29) is 6.79 Å². The van der Waals surface area contributed by atoms with Crippen LogP contribution in [0.25, 0.3) is 28.1 Å². The smallest absolute Gasteiger partial charge is 0.230 e. The maximum absolute atomic E-state index is 5.71. The van der Waals surface area contributed by atoms with Crippen LogP contribution in [0.4, 0.5) is 0 Å². The molecule has 0 N–H and O–H groups in total. The molecule has 0 unspecified atom stereocenters. The first-order chi connectivity index (χ1) is 14.2. The van der Waals surface area contributed by atoms with Gasteiger partial charge in [-0.15, -0.1) is 0 Å². The Bertz CT molecular complexity index is 1210. The third-order valence-electron chi connectivity index (χ3n) is 4.87. The number of aryl methyl sites for hydroxylation is 1. The molecule has 0 radical (unpaired) electrons. The fourth-order valence-electron chi connectivity index (χ4n) is 3.23. The average Bonchev–Trinajstić information content (AvgIpc) is 2.77. The first-order valence-corrected chi connectivity index (χ1v) is 9.74. The molecule has 0 aliphatic heterocycles. The molecule has 4 heteroatoms. The average molecular weight is 400 g/mol. The molecule has 0 saturated heterocycles. The first kappa shape index (κ1) is 19.0. The van der Waals surface area contributed by atoms with Crippen molar-refractivity contribution in [3.8, 4) is 22.6 Å². The highest BCUT2D eigenvalue weighted by molar-refractivity contribution is 7.71. The molecule has 3 aromatic carbocycles. The maximum Gasteiger partial charge on any atom is 0.230 e. The second-order valence-corrected chi connectivity index (χ2v) is 7.07. The van der Waals surface area contributed by atoms with Gasteiger partial charge in [-0.1, -0.05) is 67.3 Å². The highest BCUT2D eigenvalue weighted by atomic mass is 32.1. The van der Waals surface area contributed by atoms with Gasteiger partial charge in [0.15, 0.2) is 0 Å². The molecule has 0 bridgehead atoms. The van der Waals surface area contributed by atoms with Crippen LogP contribution in [-0.2, 0) is 7.05 Å². The highest BCUT2D eigenvalue weighted by Crippen LogP contribution is 2.27. The van der Waals surface area contributed by atoms with E-state index in [4.69, 9.17) is 21.7 Å². The van der Waals surface area contributed by atoms with Crippen LogP contribution in [0, 0.1) is 4.64 Å². The Balaban J connectivity index is 1.48. The lowest BCUT2D eigenvalue weighted by Crippen LogP contribution is -2.05. The van der Waals surface area contributed by atoms with Crippen molar-refractivity contribution in [2.75, 3.05) is 6.79 Å². The van der Waals surface area contributed by atoms with Crippen LogP contribution in [0.3, 0.4) is 0 Å². The molecule has 4 aromatic rings. The largest absolute Gasteiger partial charge is 0.458 e. The number of ether oxygens (including phenoxy) is 2. The second kappa shape index (κ2) is 8.33. The van der Waals surface area contributed by atoms with E-state index in [1.54, 1.807) is 6.08 Å². The minimum atomic E-state index is 0.143. The van der Waals surface area contributed by atoms with Gasteiger partial charge in [-0.25, -0.2) is 0 Å². The quantitative estimate of drug-likeness (QED) is 0.268. The summed E-state index contributed by atoms with van der Waals surface area (Å²) in [5.41, 5.74) is 4.27. The number of hydrogen-bond donors (Lipinski definition) is 0. The number of fused-ring (bicyclic) bond motifs is 1. The van der Waals surface area contributed by atoms with Crippen molar-refractivity contribution < 1.29 is 9.47 Å². The Hall–Kier alpha value is -3.37. The van der Waals surface area contributed by atoms with Crippen LogP contribution in [0.15, 0.2) is 85.4 Å². The zero-order valence-electron chi connectivity index (χ0n) is 16.2. The number of aromatic nitrogens is 1. The van der Waals surface area contributed by atoms with Crippen molar-refractivity contribution in [3.63, 3.8) is 0 Å². The molecule has 144 valence electrons. The van der Waals surface area contributed by atoms with E-state index in [1.807, 2.05) is 67.7 Å². The molecule has 0 atom stereocenters. The van der Waals surface area contributed by atoms with Crippen molar-refractivity contribution in [1.29, 1.82) is 0 Å². The van der Waals surface area contributed by atoms with Gasteiger partial charge in [0.25, 0.3) is 0 Å². The molecular weight excluding hydrogens is 378 g/mol. The Kier molecular flexibility index (Phi) is 5.45. The lowest BCUT2D eigenvalue weighted by molar-refractivity contribution is 0.120. The second-order valence-electron chi connectivity index (χ2n) is 6.69. The fraction of sp³-hybridized carbons (Fsp3) is 0.0800. The Morgan fingerprint density at radius 2 is 1.52 bits per heavy atom. The van der Waals surface area contributed by atoms with Crippen LogP contribution in [0.1, 0.15) is 5.56 Å². The molecule has 0 aliphatic carbocycles. The van der Waals surface area contributed by atoms with Gasteiger partial charge in [-0.3, -0.25) is 0 Å². The molecule has 29 heavy (non-hydrogen) atoms. The number of para-hydroxylation sites is 1. The van der Waals surface area contributed by atoms with Crippen LogP contribution in [0.2, 0.25) is 0 Å². The van der Waals surface area contributed by atoms with E-state index < -0.39 is 0 Å². The van der Waals surface area contributed by atoms with Crippen molar-refractivity contribution >= 4 is 29.2 Å². The van der Waals surface area contributed by atoms with Crippen molar-refractivity contribution in [2.45, 2.75) is 0 Å². The van der Waals surface area contributed by atoms with Crippen LogP contribution in [-0.4, -0.2) is 11.4 Å². The third-order valence-corrected chi connectivity index (χ3v) is 5.36. The first-order valence-electron chi connectivity index (χ1n) is 9.33. The molecule has 3 nitrogen and oxygen atoms in total. The van der Waals surface area contributed by atoms with E-state index in [0.29, 0.717) is 0 Å². The van der Waals surface area contributed by atoms with Gasteiger partial charge in [-0.2, -0.15) is 0 Å². The summed E-state index contributed by atoms with van der Waals surface area (Å²) in [7, 11) is 2.00.